The average molecular weight is 239 g/mol. The number of halogens is 1. The van der Waals surface area contributed by atoms with Crippen molar-refractivity contribution in [2.75, 3.05) is 13.7 Å². The van der Waals surface area contributed by atoms with Crippen LogP contribution < -0.4 is 5.32 Å². The van der Waals surface area contributed by atoms with Crippen LogP contribution in [-0.2, 0) is 20.7 Å². The second-order valence-corrected chi connectivity index (χ2v) is 3.48. The number of hydrogen-bond acceptors (Lipinski definition) is 3. The molecule has 0 aromatic heterocycles. The first kappa shape index (κ1) is 13.2. The van der Waals surface area contributed by atoms with E-state index in [0.29, 0.717) is 5.56 Å². The molecule has 5 heteroatoms. The lowest BCUT2D eigenvalue weighted by molar-refractivity contribution is -0.140. The van der Waals surface area contributed by atoms with Crippen LogP contribution in [0.2, 0.25) is 0 Å². The third-order valence-electron chi connectivity index (χ3n) is 2.13. The van der Waals surface area contributed by atoms with Gasteiger partial charge in [-0.15, -0.1) is 0 Å². The molecular formula is C12H14FNO3. The molecule has 0 unspecified atom stereocenters. The summed E-state index contributed by atoms with van der Waals surface area (Å²) in [5, 5.41) is 2.55. The SMILES string of the molecule is COC(=O)CCNC(=O)Cc1cccc(F)c1. The molecule has 1 aromatic carbocycles. The molecule has 0 bridgehead atoms. The number of methoxy groups -OCH3 is 1. The Kier molecular flexibility index (Phi) is 5.13. The Hall–Kier alpha value is -1.91. The lowest BCUT2D eigenvalue weighted by Gasteiger charge is -2.04. The minimum atomic E-state index is -0.379. The zero-order valence-corrected chi connectivity index (χ0v) is 9.53. The van der Waals surface area contributed by atoms with E-state index in [1.165, 1.54) is 19.2 Å². The Bertz CT molecular complexity index is 406. The molecule has 0 heterocycles. The predicted molar refractivity (Wildman–Crippen MR) is 59.7 cm³/mol. The molecule has 0 aliphatic carbocycles. The maximum Gasteiger partial charge on any atom is 0.307 e. The summed E-state index contributed by atoms with van der Waals surface area (Å²) < 4.78 is 17.3. The summed E-state index contributed by atoms with van der Waals surface area (Å²) in [7, 11) is 1.29. The highest BCUT2D eigenvalue weighted by Gasteiger charge is 2.05. The maximum atomic E-state index is 12.8. The van der Waals surface area contributed by atoms with E-state index in [-0.39, 0.29) is 37.1 Å². The maximum absolute atomic E-state index is 12.8. The van der Waals surface area contributed by atoms with Gasteiger partial charge in [-0.2, -0.15) is 0 Å². The molecule has 1 N–H and O–H groups in total. The monoisotopic (exact) mass is 239 g/mol. The Balaban J connectivity index is 2.32. The number of carbonyl (C=O) groups excluding carboxylic acids is 2. The number of hydrogen-bond donors (Lipinski definition) is 1. The quantitative estimate of drug-likeness (QED) is 0.781. The number of amides is 1. The summed E-state index contributed by atoms with van der Waals surface area (Å²) >= 11 is 0. The van der Waals surface area contributed by atoms with Crippen LogP contribution in [0, 0.1) is 5.82 Å². The number of carbonyl (C=O) groups is 2. The lowest BCUT2D eigenvalue weighted by atomic mass is 10.1. The fourth-order valence-corrected chi connectivity index (χ4v) is 1.30. The third kappa shape index (κ3) is 5.10. The van der Waals surface area contributed by atoms with Gasteiger partial charge in [0, 0.05) is 6.54 Å². The van der Waals surface area contributed by atoms with Gasteiger partial charge in [0.25, 0.3) is 0 Å². The van der Waals surface area contributed by atoms with Gasteiger partial charge in [-0.3, -0.25) is 9.59 Å². The minimum Gasteiger partial charge on any atom is -0.469 e. The molecule has 0 atom stereocenters. The standard InChI is InChI=1S/C12H14FNO3/c1-17-12(16)5-6-14-11(15)8-9-3-2-4-10(13)7-9/h2-4,7H,5-6,8H2,1H3,(H,14,15). The van der Waals surface area contributed by atoms with Crippen molar-refractivity contribution in [3.05, 3.63) is 35.6 Å². The van der Waals surface area contributed by atoms with E-state index in [4.69, 9.17) is 0 Å². The minimum absolute atomic E-state index is 0.0962. The van der Waals surface area contributed by atoms with Crippen LogP contribution >= 0.6 is 0 Å². The fraction of sp³-hybridized carbons (Fsp3) is 0.333. The van der Waals surface area contributed by atoms with Crippen molar-refractivity contribution >= 4 is 11.9 Å². The van der Waals surface area contributed by atoms with Crippen LogP contribution in [0.4, 0.5) is 4.39 Å². The molecule has 1 aromatic rings. The number of esters is 1. The molecule has 0 aliphatic heterocycles. The molecule has 4 nitrogen and oxygen atoms in total. The smallest absolute Gasteiger partial charge is 0.307 e. The molecule has 17 heavy (non-hydrogen) atoms. The number of benzene rings is 1. The van der Waals surface area contributed by atoms with Gasteiger partial charge in [-0.25, -0.2) is 4.39 Å². The van der Waals surface area contributed by atoms with Crippen LogP contribution in [-0.4, -0.2) is 25.5 Å². The van der Waals surface area contributed by atoms with E-state index < -0.39 is 0 Å². The van der Waals surface area contributed by atoms with Crippen molar-refractivity contribution in [3.8, 4) is 0 Å². The highest BCUT2D eigenvalue weighted by Crippen LogP contribution is 2.03. The molecule has 1 amide bonds. The first-order valence-electron chi connectivity index (χ1n) is 5.20. The van der Waals surface area contributed by atoms with Crippen molar-refractivity contribution in [3.63, 3.8) is 0 Å². The van der Waals surface area contributed by atoms with Crippen LogP contribution in [0.3, 0.4) is 0 Å². The Labute approximate surface area is 98.8 Å². The first-order valence-corrected chi connectivity index (χ1v) is 5.20. The van der Waals surface area contributed by atoms with E-state index in [2.05, 4.69) is 10.1 Å². The first-order chi connectivity index (χ1) is 8.11. The summed E-state index contributed by atoms with van der Waals surface area (Å²) in [6.07, 6.45) is 0.227. The number of ether oxygens (including phenoxy) is 1. The Morgan fingerprint density at radius 2 is 2.18 bits per heavy atom. The molecule has 0 saturated carbocycles. The molecule has 0 spiro atoms. The van der Waals surface area contributed by atoms with E-state index in [0.717, 1.165) is 0 Å². The molecule has 0 aliphatic rings. The predicted octanol–water partition coefficient (Wildman–Crippen LogP) is 1.05. The van der Waals surface area contributed by atoms with E-state index in [1.54, 1.807) is 12.1 Å². The lowest BCUT2D eigenvalue weighted by Crippen LogP contribution is -2.27. The van der Waals surface area contributed by atoms with Crippen molar-refractivity contribution < 1.29 is 18.7 Å². The zero-order chi connectivity index (χ0) is 12.7. The molecule has 92 valence electrons. The van der Waals surface area contributed by atoms with Crippen molar-refractivity contribution in [1.29, 1.82) is 0 Å². The van der Waals surface area contributed by atoms with Crippen LogP contribution in [0.1, 0.15) is 12.0 Å². The fourth-order valence-electron chi connectivity index (χ4n) is 1.30. The van der Waals surface area contributed by atoms with Gasteiger partial charge in [0.2, 0.25) is 5.91 Å². The van der Waals surface area contributed by atoms with Gasteiger partial charge in [-0.1, -0.05) is 12.1 Å². The second-order valence-electron chi connectivity index (χ2n) is 3.48. The topological polar surface area (TPSA) is 55.4 Å². The summed E-state index contributed by atoms with van der Waals surface area (Å²) in [4.78, 5) is 22.2. The van der Waals surface area contributed by atoms with Gasteiger partial charge in [-0.05, 0) is 17.7 Å². The van der Waals surface area contributed by atoms with Crippen LogP contribution in [0.15, 0.2) is 24.3 Å². The molecule has 0 radical (unpaired) electrons. The van der Waals surface area contributed by atoms with Gasteiger partial charge >= 0.3 is 5.97 Å². The molecular weight excluding hydrogens is 225 g/mol. The Morgan fingerprint density at radius 3 is 2.82 bits per heavy atom. The molecule has 0 saturated heterocycles. The van der Waals surface area contributed by atoms with Crippen LogP contribution in [0.25, 0.3) is 0 Å². The van der Waals surface area contributed by atoms with E-state index >= 15 is 0 Å². The van der Waals surface area contributed by atoms with Crippen molar-refractivity contribution in [2.45, 2.75) is 12.8 Å². The normalized spacial score (nSPS) is 9.76. The summed E-state index contributed by atoms with van der Waals surface area (Å²) in [6.45, 7) is 0.223. The van der Waals surface area contributed by atoms with E-state index in [1.807, 2.05) is 0 Å². The summed E-state index contributed by atoms with van der Waals surface area (Å²) in [5.74, 6) is -1.000. The van der Waals surface area contributed by atoms with Gasteiger partial charge in [0.05, 0.1) is 20.0 Å². The van der Waals surface area contributed by atoms with Gasteiger partial charge in [0.15, 0.2) is 0 Å². The number of rotatable bonds is 5. The molecule has 0 fully saturated rings. The van der Waals surface area contributed by atoms with Crippen LogP contribution in [0.5, 0.6) is 0 Å². The molecule has 1 rings (SSSR count). The Morgan fingerprint density at radius 1 is 1.41 bits per heavy atom. The number of nitrogens with one attached hydrogen (secondary N) is 1. The van der Waals surface area contributed by atoms with Crippen molar-refractivity contribution in [2.24, 2.45) is 0 Å². The summed E-state index contributed by atoms with van der Waals surface area (Å²) in [6, 6.07) is 5.84. The zero-order valence-electron chi connectivity index (χ0n) is 9.53. The highest BCUT2D eigenvalue weighted by molar-refractivity contribution is 5.79. The van der Waals surface area contributed by atoms with Gasteiger partial charge < -0.3 is 10.1 Å². The van der Waals surface area contributed by atoms with E-state index in [9.17, 15) is 14.0 Å². The third-order valence-corrected chi connectivity index (χ3v) is 2.13. The summed E-state index contributed by atoms with van der Waals surface area (Å²) in [5.41, 5.74) is 0.598. The largest absolute Gasteiger partial charge is 0.469 e. The van der Waals surface area contributed by atoms with Gasteiger partial charge in [0.1, 0.15) is 5.82 Å². The second kappa shape index (κ2) is 6.62. The average Bonchev–Trinajstić information content (AvgIpc) is 2.28. The highest BCUT2D eigenvalue weighted by atomic mass is 19.1. The van der Waals surface area contributed by atoms with Crippen molar-refractivity contribution in [1.82, 2.24) is 5.32 Å².